The normalized spacial score (nSPS) is 10.3. The van der Waals surface area contributed by atoms with Crippen LogP contribution in [0.5, 0.6) is 0 Å². The van der Waals surface area contributed by atoms with Gasteiger partial charge in [-0.3, -0.25) is 14.9 Å². The second-order valence-corrected chi connectivity index (χ2v) is 5.70. The van der Waals surface area contributed by atoms with E-state index in [1.807, 2.05) is 12.1 Å². The fourth-order valence-electron chi connectivity index (χ4n) is 1.73. The number of nitrogens with two attached hydrogens (primary N) is 1. The number of carbonyl (C=O) groups is 1. The van der Waals surface area contributed by atoms with E-state index in [0.717, 1.165) is 4.90 Å². The van der Waals surface area contributed by atoms with Crippen LogP contribution < -0.4 is 5.73 Å². The first-order valence-electron chi connectivity index (χ1n) is 5.93. The first-order chi connectivity index (χ1) is 9.97. The fourth-order valence-corrected chi connectivity index (χ4v) is 2.93. The number of thioether (sulfide) groups is 1. The SMILES string of the molecule is NC(=O)c1ccc(CSc2cccc(Cl)c2)c([N+](=O)[O-])c1. The molecule has 0 saturated heterocycles. The molecule has 0 aliphatic heterocycles. The van der Waals surface area contributed by atoms with E-state index >= 15 is 0 Å². The van der Waals surface area contributed by atoms with Crippen molar-refractivity contribution in [3.63, 3.8) is 0 Å². The quantitative estimate of drug-likeness (QED) is 0.517. The van der Waals surface area contributed by atoms with Gasteiger partial charge in [0.25, 0.3) is 5.69 Å². The molecular formula is C14H11ClN2O3S. The van der Waals surface area contributed by atoms with E-state index in [-0.39, 0.29) is 11.3 Å². The van der Waals surface area contributed by atoms with Gasteiger partial charge in [0.2, 0.25) is 5.91 Å². The van der Waals surface area contributed by atoms with Gasteiger partial charge < -0.3 is 5.73 Å². The Morgan fingerprint density at radius 3 is 2.67 bits per heavy atom. The third kappa shape index (κ3) is 3.96. The summed E-state index contributed by atoms with van der Waals surface area (Å²) in [5.41, 5.74) is 5.67. The number of halogens is 1. The maximum absolute atomic E-state index is 11.1. The van der Waals surface area contributed by atoms with Gasteiger partial charge in [0, 0.05) is 32.9 Å². The van der Waals surface area contributed by atoms with Crippen LogP contribution in [0.3, 0.4) is 0 Å². The summed E-state index contributed by atoms with van der Waals surface area (Å²) in [6, 6.07) is 11.5. The summed E-state index contributed by atoms with van der Waals surface area (Å²) in [6.07, 6.45) is 0. The molecule has 5 nitrogen and oxygen atoms in total. The molecule has 2 N–H and O–H groups in total. The highest BCUT2D eigenvalue weighted by atomic mass is 35.5. The largest absolute Gasteiger partial charge is 0.366 e. The molecule has 0 aliphatic carbocycles. The number of nitrogens with zero attached hydrogens (tertiary/aromatic N) is 1. The fraction of sp³-hybridized carbons (Fsp3) is 0.0714. The summed E-state index contributed by atoms with van der Waals surface area (Å²) in [7, 11) is 0. The average molecular weight is 323 g/mol. The predicted molar refractivity (Wildman–Crippen MR) is 82.6 cm³/mol. The number of rotatable bonds is 5. The highest BCUT2D eigenvalue weighted by molar-refractivity contribution is 7.98. The smallest absolute Gasteiger partial charge is 0.274 e. The van der Waals surface area contributed by atoms with Crippen molar-refractivity contribution in [1.82, 2.24) is 0 Å². The van der Waals surface area contributed by atoms with Gasteiger partial charge in [-0.05, 0) is 24.3 Å². The van der Waals surface area contributed by atoms with E-state index in [1.54, 1.807) is 18.2 Å². The maximum atomic E-state index is 11.1. The Hall–Kier alpha value is -2.05. The minimum atomic E-state index is -0.688. The topological polar surface area (TPSA) is 86.2 Å². The zero-order valence-electron chi connectivity index (χ0n) is 10.8. The van der Waals surface area contributed by atoms with E-state index in [0.29, 0.717) is 16.3 Å². The van der Waals surface area contributed by atoms with Crippen molar-refractivity contribution >= 4 is 35.0 Å². The van der Waals surface area contributed by atoms with E-state index < -0.39 is 10.8 Å². The average Bonchev–Trinajstić information content (AvgIpc) is 2.44. The number of amides is 1. The molecule has 0 aromatic heterocycles. The van der Waals surface area contributed by atoms with Crippen molar-refractivity contribution in [3.05, 3.63) is 68.7 Å². The molecule has 0 bridgehead atoms. The second-order valence-electron chi connectivity index (χ2n) is 4.21. The highest BCUT2D eigenvalue weighted by Gasteiger charge is 2.16. The molecule has 0 saturated carbocycles. The lowest BCUT2D eigenvalue weighted by molar-refractivity contribution is -0.385. The van der Waals surface area contributed by atoms with Crippen LogP contribution in [0.2, 0.25) is 5.02 Å². The second kappa shape index (κ2) is 6.60. The summed E-state index contributed by atoms with van der Waals surface area (Å²) >= 11 is 7.32. The van der Waals surface area contributed by atoms with Gasteiger partial charge in [-0.15, -0.1) is 11.8 Å². The molecule has 0 heterocycles. The van der Waals surface area contributed by atoms with Crippen molar-refractivity contribution in [2.45, 2.75) is 10.6 Å². The molecule has 21 heavy (non-hydrogen) atoms. The van der Waals surface area contributed by atoms with Gasteiger partial charge >= 0.3 is 0 Å². The Morgan fingerprint density at radius 1 is 1.29 bits per heavy atom. The van der Waals surface area contributed by atoms with Crippen molar-refractivity contribution in [2.24, 2.45) is 5.73 Å². The number of nitro groups is 1. The Balaban J connectivity index is 2.23. The third-order valence-corrected chi connectivity index (χ3v) is 4.03. The summed E-state index contributed by atoms with van der Waals surface area (Å²) in [5.74, 6) is -0.289. The molecule has 2 rings (SSSR count). The lowest BCUT2D eigenvalue weighted by Gasteiger charge is -2.05. The van der Waals surface area contributed by atoms with Crippen LogP contribution in [0, 0.1) is 10.1 Å². The van der Waals surface area contributed by atoms with Crippen LogP contribution in [0.4, 0.5) is 5.69 Å². The summed E-state index contributed by atoms with van der Waals surface area (Å²) in [6.45, 7) is 0. The highest BCUT2D eigenvalue weighted by Crippen LogP contribution is 2.29. The molecule has 0 aliphatic rings. The number of carbonyl (C=O) groups excluding carboxylic acids is 1. The Kier molecular flexibility index (Phi) is 4.82. The molecule has 2 aromatic rings. The van der Waals surface area contributed by atoms with Gasteiger partial charge in [-0.25, -0.2) is 0 Å². The minimum Gasteiger partial charge on any atom is -0.366 e. The van der Waals surface area contributed by atoms with Gasteiger partial charge in [-0.1, -0.05) is 23.7 Å². The van der Waals surface area contributed by atoms with E-state index in [4.69, 9.17) is 17.3 Å². The zero-order valence-corrected chi connectivity index (χ0v) is 12.4. The van der Waals surface area contributed by atoms with Crippen molar-refractivity contribution in [2.75, 3.05) is 0 Å². The maximum Gasteiger partial charge on any atom is 0.274 e. The van der Waals surface area contributed by atoms with Gasteiger partial charge in [0.1, 0.15) is 0 Å². The molecule has 0 unspecified atom stereocenters. The monoisotopic (exact) mass is 322 g/mol. The van der Waals surface area contributed by atoms with Crippen molar-refractivity contribution in [3.8, 4) is 0 Å². The van der Waals surface area contributed by atoms with Crippen LogP contribution in [0.25, 0.3) is 0 Å². The van der Waals surface area contributed by atoms with Crippen LogP contribution in [-0.2, 0) is 5.75 Å². The molecule has 108 valence electrons. The number of hydrogen-bond donors (Lipinski definition) is 1. The summed E-state index contributed by atoms with van der Waals surface area (Å²) in [4.78, 5) is 22.6. The van der Waals surface area contributed by atoms with E-state index in [1.165, 1.54) is 23.9 Å². The molecular weight excluding hydrogens is 312 g/mol. The molecule has 0 atom stereocenters. The standard InChI is InChI=1S/C14H11ClN2O3S/c15-11-2-1-3-12(7-11)21-8-10-5-4-9(14(16)18)6-13(10)17(19)20/h1-7H,8H2,(H2,16,18). The molecule has 1 amide bonds. The van der Waals surface area contributed by atoms with E-state index in [9.17, 15) is 14.9 Å². The molecule has 7 heteroatoms. The number of primary amides is 1. The Bertz CT molecular complexity index is 706. The van der Waals surface area contributed by atoms with Crippen LogP contribution in [-0.4, -0.2) is 10.8 Å². The van der Waals surface area contributed by atoms with E-state index in [2.05, 4.69) is 0 Å². The van der Waals surface area contributed by atoms with Gasteiger partial charge in [0.15, 0.2) is 0 Å². The first kappa shape index (κ1) is 15.3. The minimum absolute atomic E-state index is 0.110. The lowest BCUT2D eigenvalue weighted by Crippen LogP contribution is -2.11. The molecule has 0 spiro atoms. The molecule has 2 aromatic carbocycles. The number of hydrogen-bond acceptors (Lipinski definition) is 4. The summed E-state index contributed by atoms with van der Waals surface area (Å²) in [5, 5.41) is 11.7. The number of nitro benzene ring substituents is 1. The van der Waals surface area contributed by atoms with Crippen molar-refractivity contribution in [1.29, 1.82) is 0 Å². The molecule has 0 radical (unpaired) electrons. The van der Waals surface area contributed by atoms with Crippen LogP contribution in [0.1, 0.15) is 15.9 Å². The zero-order chi connectivity index (χ0) is 15.4. The van der Waals surface area contributed by atoms with Gasteiger partial charge in [0.05, 0.1) is 4.92 Å². The summed E-state index contributed by atoms with van der Waals surface area (Å²) < 4.78 is 0. The van der Waals surface area contributed by atoms with Gasteiger partial charge in [-0.2, -0.15) is 0 Å². The lowest BCUT2D eigenvalue weighted by atomic mass is 10.1. The number of benzene rings is 2. The Labute approximate surface area is 130 Å². The van der Waals surface area contributed by atoms with Crippen molar-refractivity contribution < 1.29 is 9.72 Å². The molecule has 0 fully saturated rings. The Morgan fingerprint density at radius 2 is 2.05 bits per heavy atom. The van der Waals surface area contributed by atoms with Crippen LogP contribution in [0.15, 0.2) is 47.4 Å². The third-order valence-electron chi connectivity index (χ3n) is 2.76. The van der Waals surface area contributed by atoms with Crippen LogP contribution >= 0.6 is 23.4 Å². The predicted octanol–water partition coefficient (Wildman–Crippen LogP) is 3.64. The first-order valence-corrected chi connectivity index (χ1v) is 7.29.